The number of thioether (sulfide) groups is 1. The van der Waals surface area contributed by atoms with E-state index >= 15 is 0 Å². The summed E-state index contributed by atoms with van der Waals surface area (Å²) >= 11 is 1.98. The molecule has 98 valence electrons. The van der Waals surface area contributed by atoms with Crippen molar-refractivity contribution in [1.82, 2.24) is 4.98 Å². The number of oxime groups is 1. The van der Waals surface area contributed by atoms with Gasteiger partial charge in [-0.2, -0.15) is 11.8 Å². The smallest absolute Gasteiger partial charge is 0.188 e. The fourth-order valence-corrected chi connectivity index (χ4v) is 3.13. The molecule has 5 nitrogen and oxygen atoms in total. The van der Waals surface area contributed by atoms with Crippen molar-refractivity contribution in [2.24, 2.45) is 10.9 Å². The van der Waals surface area contributed by atoms with Gasteiger partial charge in [-0.1, -0.05) is 18.1 Å². The number of nitrogens with two attached hydrogens (primary N) is 1. The minimum absolute atomic E-state index is 0.0453. The SMILES string of the molecule is CC1SCCN(c2cccc(/C(N)=N/O)n2)C1C. The number of anilines is 1. The van der Waals surface area contributed by atoms with Crippen molar-refractivity contribution in [2.75, 3.05) is 17.2 Å². The van der Waals surface area contributed by atoms with E-state index in [4.69, 9.17) is 10.9 Å². The largest absolute Gasteiger partial charge is 0.409 e. The summed E-state index contributed by atoms with van der Waals surface area (Å²) in [5, 5.41) is 12.3. The summed E-state index contributed by atoms with van der Waals surface area (Å²) in [6, 6.07) is 6.02. The van der Waals surface area contributed by atoms with Crippen LogP contribution in [0.5, 0.6) is 0 Å². The van der Waals surface area contributed by atoms with Gasteiger partial charge in [0.05, 0.1) is 0 Å². The molecular weight excluding hydrogens is 248 g/mol. The molecule has 2 atom stereocenters. The molecule has 1 fully saturated rings. The zero-order chi connectivity index (χ0) is 13.1. The summed E-state index contributed by atoms with van der Waals surface area (Å²) < 4.78 is 0. The van der Waals surface area contributed by atoms with Gasteiger partial charge in [-0.05, 0) is 19.1 Å². The van der Waals surface area contributed by atoms with Crippen LogP contribution in [0.25, 0.3) is 0 Å². The highest BCUT2D eigenvalue weighted by atomic mass is 32.2. The summed E-state index contributed by atoms with van der Waals surface area (Å²) in [5.74, 6) is 2.03. The van der Waals surface area contributed by atoms with Crippen molar-refractivity contribution in [3.05, 3.63) is 23.9 Å². The normalized spacial score (nSPS) is 25.2. The minimum atomic E-state index is 0.0453. The van der Waals surface area contributed by atoms with Crippen molar-refractivity contribution in [3.8, 4) is 0 Å². The van der Waals surface area contributed by atoms with E-state index in [2.05, 4.69) is 28.9 Å². The average Bonchev–Trinajstić information content (AvgIpc) is 2.41. The summed E-state index contributed by atoms with van der Waals surface area (Å²) in [4.78, 5) is 6.73. The lowest BCUT2D eigenvalue weighted by Crippen LogP contribution is -2.45. The van der Waals surface area contributed by atoms with Gasteiger partial charge in [0.15, 0.2) is 5.84 Å². The van der Waals surface area contributed by atoms with Crippen LogP contribution in [0, 0.1) is 0 Å². The van der Waals surface area contributed by atoms with E-state index in [0.29, 0.717) is 17.0 Å². The highest BCUT2D eigenvalue weighted by Crippen LogP contribution is 2.27. The van der Waals surface area contributed by atoms with Crippen LogP contribution < -0.4 is 10.6 Å². The van der Waals surface area contributed by atoms with Crippen molar-refractivity contribution < 1.29 is 5.21 Å². The van der Waals surface area contributed by atoms with E-state index in [1.165, 1.54) is 0 Å². The van der Waals surface area contributed by atoms with Crippen molar-refractivity contribution in [1.29, 1.82) is 0 Å². The molecule has 2 rings (SSSR count). The number of rotatable bonds is 2. The molecule has 0 aliphatic carbocycles. The van der Waals surface area contributed by atoms with E-state index in [-0.39, 0.29) is 5.84 Å². The molecule has 0 aromatic carbocycles. The van der Waals surface area contributed by atoms with Crippen LogP contribution in [-0.4, -0.2) is 39.6 Å². The predicted molar refractivity (Wildman–Crippen MR) is 75.5 cm³/mol. The van der Waals surface area contributed by atoms with Crippen molar-refractivity contribution >= 4 is 23.4 Å². The fraction of sp³-hybridized carbons (Fsp3) is 0.500. The first-order valence-corrected chi connectivity index (χ1v) is 7.01. The molecule has 1 aliphatic rings. The predicted octanol–water partition coefficient (Wildman–Crippen LogP) is 1.51. The Bertz CT molecular complexity index is 451. The molecule has 1 saturated heterocycles. The Morgan fingerprint density at radius 3 is 3.06 bits per heavy atom. The quantitative estimate of drug-likeness (QED) is 0.367. The first kappa shape index (κ1) is 13.0. The van der Waals surface area contributed by atoms with Crippen LogP contribution in [0.3, 0.4) is 0 Å². The number of pyridine rings is 1. The molecule has 18 heavy (non-hydrogen) atoms. The molecule has 0 radical (unpaired) electrons. The molecule has 2 heterocycles. The topological polar surface area (TPSA) is 74.7 Å². The Morgan fingerprint density at radius 2 is 2.33 bits per heavy atom. The van der Waals surface area contributed by atoms with Gasteiger partial charge in [-0.25, -0.2) is 4.98 Å². The van der Waals surface area contributed by atoms with Gasteiger partial charge < -0.3 is 15.8 Å². The second-order valence-electron chi connectivity index (χ2n) is 4.38. The van der Waals surface area contributed by atoms with Gasteiger partial charge in [0.2, 0.25) is 0 Å². The minimum Gasteiger partial charge on any atom is -0.409 e. The van der Waals surface area contributed by atoms with Gasteiger partial charge in [-0.3, -0.25) is 0 Å². The zero-order valence-electron chi connectivity index (χ0n) is 10.6. The molecule has 0 bridgehead atoms. The lowest BCUT2D eigenvalue weighted by atomic mass is 10.2. The number of hydrogen-bond donors (Lipinski definition) is 2. The standard InChI is InChI=1S/C12H18N4OS/c1-8-9(2)18-7-6-16(8)11-5-3-4-10(14-11)12(13)15-17/h3-5,8-9,17H,6-7H2,1-2H3,(H2,13,15). The lowest BCUT2D eigenvalue weighted by molar-refractivity contribution is 0.318. The monoisotopic (exact) mass is 266 g/mol. The maximum Gasteiger partial charge on any atom is 0.188 e. The molecule has 0 saturated carbocycles. The maximum absolute atomic E-state index is 8.69. The molecule has 3 N–H and O–H groups in total. The van der Waals surface area contributed by atoms with Crippen LogP contribution in [0.2, 0.25) is 0 Å². The van der Waals surface area contributed by atoms with E-state index < -0.39 is 0 Å². The van der Waals surface area contributed by atoms with E-state index in [1.54, 1.807) is 6.07 Å². The van der Waals surface area contributed by atoms with Gasteiger partial charge in [0.1, 0.15) is 11.5 Å². The number of hydrogen-bond acceptors (Lipinski definition) is 5. The molecule has 0 amide bonds. The molecule has 2 unspecified atom stereocenters. The van der Waals surface area contributed by atoms with E-state index in [0.717, 1.165) is 18.1 Å². The van der Waals surface area contributed by atoms with Crippen LogP contribution >= 0.6 is 11.8 Å². The third kappa shape index (κ3) is 2.53. The first-order chi connectivity index (χ1) is 8.63. The Morgan fingerprint density at radius 1 is 1.56 bits per heavy atom. The summed E-state index contributed by atoms with van der Waals surface area (Å²) in [5.41, 5.74) is 6.08. The summed E-state index contributed by atoms with van der Waals surface area (Å²) in [6.07, 6.45) is 0. The molecule has 1 aliphatic heterocycles. The number of aromatic nitrogens is 1. The third-order valence-corrected chi connectivity index (χ3v) is 4.62. The van der Waals surface area contributed by atoms with E-state index in [1.807, 2.05) is 23.9 Å². The highest BCUT2D eigenvalue weighted by molar-refractivity contribution is 8.00. The summed E-state index contributed by atoms with van der Waals surface area (Å²) in [7, 11) is 0. The van der Waals surface area contributed by atoms with Crippen molar-refractivity contribution in [3.63, 3.8) is 0 Å². The molecule has 1 aromatic heterocycles. The van der Waals surface area contributed by atoms with Crippen molar-refractivity contribution in [2.45, 2.75) is 25.1 Å². The van der Waals surface area contributed by atoms with Gasteiger partial charge in [-0.15, -0.1) is 0 Å². The Kier molecular flexibility index (Phi) is 3.96. The molecule has 1 aromatic rings. The molecule has 0 spiro atoms. The second kappa shape index (κ2) is 5.48. The summed E-state index contributed by atoms with van der Waals surface area (Å²) in [6.45, 7) is 5.41. The van der Waals surface area contributed by atoms with Crippen LogP contribution in [0.1, 0.15) is 19.5 Å². The van der Waals surface area contributed by atoms with Crippen LogP contribution in [-0.2, 0) is 0 Å². The number of nitrogens with zero attached hydrogens (tertiary/aromatic N) is 3. The fourth-order valence-electron chi connectivity index (χ4n) is 2.03. The Labute approximate surface area is 111 Å². The first-order valence-electron chi connectivity index (χ1n) is 5.96. The zero-order valence-corrected chi connectivity index (χ0v) is 11.4. The third-order valence-electron chi connectivity index (χ3n) is 3.28. The molecular formula is C12H18N4OS. The average molecular weight is 266 g/mol. The Hall–Kier alpha value is -1.43. The van der Waals surface area contributed by atoms with Crippen LogP contribution in [0.4, 0.5) is 5.82 Å². The Balaban J connectivity index is 2.27. The van der Waals surface area contributed by atoms with Crippen LogP contribution in [0.15, 0.2) is 23.4 Å². The van der Waals surface area contributed by atoms with E-state index in [9.17, 15) is 0 Å². The maximum atomic E-state index is 8.69. The van der Waals surface area contributed by atoms with Gasteiger partial charge in [0, 0.05) is 23.6 Å². The molecule has 6 heteroatoms. The highest BCUT2D eigenvalue weighted by Gasteiger charge is 2.26. The lowest BCUT2D eigenvalue weighted by Gasteiger charge is -2.38. The second-order valence-corrected chi connectivity index (χ2v) is 5.86. The number of amidine groups is 1. The van der Waals surface area contributed by atoms with Gasteiger partial charge in [0.25, 0.3) is 0 Å². The van der Waals surface area contributed by atoms with Gasteiger partial charge >= 0.3 is 0 Å².